The molecule has 0 aromatic rings. The second-order valence-electron chi connectivity index (χ2n) is 27.5. The van der Waals surface area contributed by atoms with E-state index in [4.69, 9.17) is 18.9 Å². The fourth-order valence-corrected chi connectivity index (χ4v) is 12.3. The summed E-state index contributed by atoms with van der Waals surface area (Å²) in [7, 11) is 0. The Morgan fingerprint density at radius 1 is 0.374 bits per heavy atom. The molecular weight excluding hydrogens is 1240 g/mol. The number of rotatable bonds is 65. The van der Waals surface area contributed by atoms with Crippen LogP contribution in [-0.2, 0) is 23.7 Å². The third-order valence-electron chi connectivity index (χ3n) is 18.6. The van der Waals surface area contributed by atoms with E-state index in [-0.39, 0.29) is 18.9 Å². The Bertz CT molecular complexity index is 2180. The first-order chi connectivity index (χ1) is 48.6. The van der Waals surface area contributed by atoms with Crippen LogP contribution in [0.2, 0.25) is 0 Å². The minimum atomic E-state index is -1.80. The van der Waals surface area contributed by atoms with E-state index in [0.717, 1.165) is 96.3 Å². The van der Waals surface area contributed by atoms with Crippen molar-refractivity contribution in [1.29, 1.82) is 0 Å². The minimum Gasteiger partial charge on any atom is -0.394 e. The van der Waals surface area contributed by atoms with Crippen molar-refractivity contribution in [3.63, 3.8) is 0 Å². The van der Waals surface area contributed by atoms with Crippen LogP contribution in [0.15, 0.2) is 134 Å². The molecule has 2 aliphatic heterocycles. The van der Waals surface area contributed by atoms with Gasteiger partial charge in [0.05, 0.1) is 32.0 Å². The summed E-state index contributed by atoms with van der Waals surface area (Å²) in [4.78, 5) is 13.4. The molecule has 0 radical (unpaired) electrons. The molecule has 2 fully saturated rings. The molecule has 12 atom stereocenters. The van der Waals surface area contributed by atoms with Gasteiger partial charge in [0.1, 0.15) is 48.8 Å². The minimum absolute atomic E-state index is 0.217. The van der Waals surface area contributed by atoms with Gasteiger partial charge in [0.25, 0.3) is 0 Å². The number of carbonyl (C=O) groups excluding carboxylic acids is 1. The van der Waals surface area contributed by atoms with Crippen molar-refractivity contribution in [1.82, 2.24) is 5.32 Å². The summed E-state index contributed by atoms with van der Waals surface area (Å²) in [5.41, 5.74) is 0. The van der Waals surface area contributed by atoms with E-state index in [1.807, 2.05) is 6.08 Å². The third-order valence-corrected chi connectivity index (χ3v) is 18.6. The van der Waals surface area contributed by atoms with E-state index in [2.05, 4.69) is 141 Å². The van der Waals surface area contributed by atoms with Gasteiger partial charge in [-0.15, -0.1) is 0 Å². The third kappa shape index (κ3) is 50.2. The first-order valence-electron chi connectivity index (χ1n) is 39.9. The van der Waals surface area contributed by atoms with E-state index in [0.29, 0.717) is 6.42 Å². The van der Waals surface area contributed by atoms with Crippen molar-refractivity contribution < 1.29 is 64.6 Å². The van der Waals surface area contributed by atoms with Crippen LogP contribution in [0.5, 0.6) is 0 Å². The molecule has 0 aromatic carbocycles. The van der Waals surface area contributed by atoms with E-state index in [9.17, 15) is 45.6 Å². The summed E-state index contributed by atoms with van der Waals surface area (Å²) in [5, 5.41) is 87.6. The topological polar surface area (TPSA) is 228 Å². The molecule has 0 saturated carbocycles. The van der Waals surface area contributed by atoms with E-state index in [1.54, 1.807) is 6.08 Å². The Morgan fingerprint density at radius 3 is 1.07 bits per heavy atom. The van der Waals surface area contributed by atoms with Crippen LogP contribution in [0.25, 0.3) is 0 Å². The molecule has 2 heterocycles. The largest absolute Gasteiger partial charge is 0.394 e. The van der Waals surface area contributed by atoms with Crippen LogP contribution in [0.1, 0.15) is 303 Å². The van der Waals surface area contributed by atoms with Crippen molar-refractivity contribution in [2.75, 3.05) is 19.8 Å². The summed E-state index contributed by atoms with van der Waals surface area (Å²) >= 11 is 0. The van der Waals surface area contributed by atoms with E-state index >= 15 is 0 Å². The molecule has 9 N–H and O–H groups in total. The van der Waals surface area contributed by atoms with Crippen LogP contribution >= 0.6 is 0 Å². The second-order valence-corrected chi connectivity index (χ2v) is 27.5. The Labute approximate surface area is 602 Å². The average Bonchev–Trinajstić information content (AvgIpc) is 0.793. The number of hydrogen-bond donors (Lipinski definition) is 9. The molecule has 568 valence electrons. The maximum atomic E-state index is 13.4. The van der Waals surface area contributed by atoms with Gasteiger partial charge in [-0.05, 0) is 96.3 Å². The highest BCUT2D eigenvalue weighted by Gasteiger charge is 2.51. The lowest BCUT2D eigenvalue weighted by Crippen LogP contribution is -2.65. The molecule has 2 rings (SSSR count). The summed E-state index contributed by atoms with van der Waals surface area (Å²) in [6.07, 6.45) is 83.8. The normalized spacial score (nSPS) is 22.7. The number of ether oxygens (including phenoxy) is 4. The maximum absolute atomic E-state index is 13.4. The Hall–Kier alpha value is -3.87. The molecule has 14 nitrogen and oxygen atoms in total. The van der Waals surface area contributed by atoms with Crippen molar-refractivity contribution in [3.05, 3.63) is 134 Å². The monoisotopic (exact) mass is 1390 g/mol. The fourth-order valence-electron chi connectivity index (χ4n) is 12.3. The fraction of sp³-hybridized carbons (Fsp3) is 0.729. The summed E-state index contributed by atoms with van der Waals surface area (Å²) in [6, 6.07) is -0.951. The number of aliphatic hydroxyl groups is 8. The molecule has 2 aliphatic rings. The molecule has 1 amide bonds. The Balaban J connectivity index is 1.67. The van der Waals surface area contributed by atoms with Gasteiger partial charge in [-0.1, -0.05) is 334 Å². The van der Waals surface area contributed by atoms with Gasteiger partial charge in [-0.2, -0.15) is 0 Å². The molecule has 14 heteroatoms. The van der Waals surface area contributed by atoms with Gasteiger partial charge in [0, 0.05) is 6.42 Å². The molecule has 0 spiro atoms. The van der Waals surface area contributed by atoms with Gasteiger partial charge in [0.15, 0.2) is 12.6 Å². The molecule has 12 unspecified atom stereocenters. The van der Waals surface area contributed by atoms with Gasteiger partial charge in [-0.3, -0.25) is 4.79 Å². The van der Waals surface area contributed by atoms with Crippen LogP contribution in [0, 0.1) is 0 Å². The maximum Gasteiger partial charge on any atom is 0.220 e. The van der Waals surface area contributed by atoms with Crippen LogP contribution in [-0.4, -0.2) is 140 Å². The molecule has 2 saturated heterocycles. The van der Waals surface area contributed by atoms with Gasteiger partial charge < -0.3 is 65.1 Å². The van der Waals surface area contributed by atoms with Gasteiger partial charge >= 0.3 is 0 Å². The predicted molar refractivity (Wildman–Crippen MR) is 410 cm³/mol. The number of amides is 1. The zero-order chi connectivity index (χ0) is 71.5. The van der Waals surface area contributed by atoms with E-state index in [1.165, 1.54) is 180 Å². The number of hydrogen-bond acceptors (Lipinski definition) is 13. The lowest BCUT2D eigenvalue weighted by molar-refractivity contribution is -0.359. The summed E-state index contributed by atoms with van der Waals surface area (Å²) in [5.74, 6) is -0.284. The molecule has 0 aliphatic carbocycles. The first-order valence-corrected chi connectivity index (χ1v) is 39.9. The first kappa shape index (κ1) is 91.2. The zero-order valence-corrected chi connectivity index (χ0v) is 62.2. The van der Waals surface area contributed by atoms with Crippen molar-refractivity contribution in [3.8, 4) is 0 Å². The number of unbranched alkanes of at least 4 members (excludes halogenated alkanes) is 32. The SMILES string of the molecule is CC/C=C\C/C=C\C/C=C\C/C=C\C/C=C\C/C=C\C/C=C\C/C=C\C/C=C\C/C=C\CCCCC(=O)NC(COC1OC(CO)C(OC2OC(CO)C(O)C(O)C2O)C(O)C1O)C(O)/C=C/CCCCCCCCCCCCCCCCCCCCCCCCCCCCCCCC. The second kappa shape index (κ2) is 67.3. The number of allylic oxidation sites excluding steroid dienone is 21. The Kier molecular flexibility index (Phi) is 62.0. The van der Waals surface area contributed by atoms with Crippen molar-refractivity contribution >= 4 is 5.91 Å². The summed E-state index contributed by atoms with van der Waals surface area (Å²) < 4.78 is 22.9. The van der Waals surface area contributed by atoms with Gasteiger partial charge in [-0.25, -0.2) is 0 Å². The number of carbonyl (C=O) groups is 1. The highest BCUT2D eigenvalue weighted by molar-refractivity contribution is 5.76. The average molecular weight is 1390 g/mol. The van der Waals surface area contributed by atoms with Crippen LogP contribution < -0.4 is 5.32 Å². The highest BCUT2D eigenvalue weighted by Crippen LogP contribution is 2.30. The lowest BCUT2D eigenvalue weighted by atomic mass is 9.97. The van der Waals surface area contributed by atoms with E-state index < -0.39 is 86.8 Å². The molecule has 99 heavy (non-hydrogen) atoms. The summed E-state index contributed by atoms with van der Waals surface area (Å²) in [6.45, 7) is 2.68. The zero-order valence-electron chi connectivity index (χ0n) is 62.2. The smallest absolute Gasteiger partial charge is 0.220 e. The highest BCUT2D eigenvalue weighted by atomic mass is 16.7. The number of nitrogens with one attached hydrogen (secondary N) is 1. The van der Waals surface area contributed by atoms with Crippen LogP contribution in [0.4, 0.5) is 0 Å². The Morgan fingerprint density at radius 2 is 0.697 bits per heavy atom. The standard InChI is InChI=1S/C85H145NO13/c1-3-5-7-9-11-13-15-17-19-21-23-25-27-29-31-33-35-37-39-41-43-45-47-49-51-53-55-57-59-61-63-65-67-69-77(90)86-73(72-96-84-82(95)80(93)83(76(71-88)98-84)99-85-81(94)79(92)78(91)75(70-87)97-85)74(89)68-66-64-62-60-58-56-54-52-50-48-46-44-42-40-38-36-34-32-30-28-26-24-22-20-18-16-14-12-10-8-6-4-2/h5,7,11,13,17,19,23,25,29,31,35,37,41,43,47,49,53,55,59,61,66,68,73-76,78-85,87-89,91-95H,3-4,6,8-10,12,14-16,18,20-22,24,26-28,30,32-34,36,38-40,42,44-46,48,50-52,54,56-58,60,62-65,67,69-72H2,1-2H3,(H,86,90)/b7-5-,13-11-,19-17-,25-23-,31-29-,37-35-,43-41-,49-47-,55-53-,61-59-,68-66+. The predicted octanol–water partition coefficient (Wildman–Crippen LogP) is 18.2. The number of aliphatic hydroxyl groups excluding tert-OH is 8. The molecular formula is C85H145NO13. The van der Waals surface area contributed by atoms with Crippen LogP contribution in [0.3, 0.4) is 0 Å². The van der Waals surface area contributed by atoms with Crippen molar-refractivity contribution in [2.45, 2.75) is 376 Å². The quantitative estimate of drug-likeness (QED) is 0.0204. The van der Waals surface area contributed by atoms with Crippen molar-refractivity contribution in [2.24, 2.45) is 0 Å². The van der Waals surface area contributed by atoms with Gasteiger partial charge in [0.2, 0.25) is 5.91 Å². The molecule has 0 aromatic heterocycles. The molecule has 0 bridgehead atoms. The lowest BCUT2D eigenvalue weighted by Gasteiger charge is -2.46.